The highest BCUT2D eigenvalue weighted by atomic mass is 19.1. The van der Waals surface area contributed by atoms with Crippen molar-refractivity contribution >= 4 is 5.69 Å². The second-order valence-corrected chi connectivity index (χ2v) is 3.03. The van der Waals surface area contributed by atoms with Crippen molar-refractivity contribution in [1.29, 1.82) is 5.26 Å². The van der Waals surface area contributed by atoms with Crippen molar-refractivity contribution < 1.29 is 4.39 Å². The Bertz CT molecular complexity index is 330. The first kappa shape index (κ1) is 10.5. The maximum absolute atomic E-state index is 12.5. The summed E-state index contributed by atoms with van der Waals surface area (Å²) in [6.07, 6.45) is 2.70. The van der Waals surface area contributed by atoms with Crippen LogP contribution in [0, 0.1) is 11.3 Å². The summed E-state index contributed by atoms with van der Waals surface area (Å²) < 4.78 is 12.5. The predicted octanol–water partition coefficient (Wildman–Crippen LogP) is 2.11. The van der Waals surface area contributed by atoms with Crippen LogP contribution in [0.25, 0.3) is 0 Å². The molecule has 74 valence electrons. The number of halogens is 1. The normalized spacial score (nSPS) is 11.8. The van der Waals surface area contributed by atoms with Crippen LogP contribution in [0.5, 0.6) is 0 Å². The van der Waals surface area contributed by atoms with Crippen molar-refractivity contribution in [3.8, 4) is 6.07 Å². The Hall–Kier alpha value is -1.63. The molecule has 14 heavy (non-hydrogen) atoms. The summed E-state index contributed by atoms with van der Waals surface area (Å²) in [7, 11) is 0. The minimum absolute atomic E-state index is 0.438. The van der Waals surface area contributed by atoms with Gasteiger partial charge in [-0.25, -0.2) is 4.39 Å². The topological polar surface area (TPSA) is 48.7 Å². The maximum atomic E-state index is 12.5. The van der Waals surface area contributed by atoms with E-state index in [-0.39, 0.29) is 0 Å². The molecule has 1 unspecified atom stereocenters. The van der Waals surface area contributed by atoms with Gasteiger partial charge in [-0.3, -0.25) is 4.98 Å². The fraction of sp³-hybridized carbons (Fsp3) is 0.400. The van der Waals surface area contributed by atoms with E-state index in [0.29, 0.717) is 24.2 Å². The molecule has 0 bridgehead atoms. The van der Waals surface area contributed by atoms with E-state index >= 15 is 0 Å². The highest BCUT2D eigenvalue weighted by Crippen LogP contribution is 2.11. The number of nitriles is 1. The van der Waals surface area contributed by atoms with Crippen LogP contribution in [0.2, 0.25) is 0 Å². The first-order valence-electron chi connectivity index (χ1n) is 4.46. The Morgan fingerprint density at radius 2 is 2.50 bits per heavy atom. The third-order valence-corrected chi connectivity index (χ3v) is 1.80. The molecule has 0 amide bonds. The zero-order valence-electron chi connectivity index (χ0n) is 8.00. The number of pyridine rings is 1. The van der Waals surface area contributed by atoms with E-state index in [0.717, 1.165) is 0 Å². The number of hydrogen-bond acceptors (Lipinski definition) is 3. The zero-order valence-corrected chi connectivity index (χ0v) is 8.00. The molecule has 4 heteroatoms. The smallest absolute Gasteiger partial charge is 0.103 e. The minimum atomic E-state index is -0.824. The molecule has 0 spiro atoms. The van der Waals surface area contributed by atoms with Crippen LogP contribution < -0.4 is 5.32 Å². The molecule has 3 nitrogen and oxygen atoms in total. The van der Waals surface area contributed by atoms with Gasteiger partial charge >= 0.3 is 0 Å². The molecule has 0 saturated heterocycles. The first-order valence-corrected chi connectivity index (χ1v) is 4.46. The van der Waals surface area contributed by atoms with Gasteiger partial charge in [0.05, 0.1) is 17.4 Å². The zero-order chi connectivity index (χ0) is 10.4. The van der Waals surface area contributed by atoms with Gasteiger partial charge in [-0.1, -0.05) is 0 Å². The van der Waals surface area contributed by atoms with Crippen molar-refractivity contribution in [1.82, 2.24) is 4.98 Å². The largest absolute Gasteiger partial charge is 0.384 e. The lowest BCUT2D eigenvalue weighted by molar-refractivity contribution is 0.348. The molecule has 0 radical (unpaired) electrons. The van der Waals surface area contributed by atoms with Gasteiger partial charge < -0.3 is 5.32 Å². The summed E-state index contributed by atoms with van der Waals surface area (Å²) >= 11 is 0. The molecule has 0 aliphatic carbocycles. The molecule has 0 aliphatic heterocycles. The highest BCUT2D eigenvalue weighted by Gasteiger charge is 2.01. The molecule has 1 heterocycles. The number of rotatable bonds is 4. The van der Waals surface area contributed by atoms with Gasteiger partial charge in [0.2, 0.25) is 0 Å². The van der Waals surface area contributed by atoms with E-state index in [1.54, 1.807) is 12.3 Å². The van der Waals surface area contributed by atoms with Crippen molar-refractivity contribution in [2.24, 2.45) is 0 Å². The maximum Gasteiger partial charge on any atom is 0.103 e. The molecular weight excluding hydrogens is 181 g/mol. The number of anilines is 1. The van der Waals surface area contributed by atoms with E-state index in [2.05, 4.69) is 10.3 Å². The second kappa shape index (κ2) is 5.18. The average molecular weight is 193 g/mol. The molecule has 1 rings (SSSR count). The van der Waals surface area contributed by atoms with E-state index in [1.807, 2.05) is 6.07 Å². The van der Waals surface area contributed by atoms with Crippen LogP contribution in [0.4, 0.5) is 10.1 Å². The van der Waals surface area contributed by atoms with Gasteiger partial charge in [-0.05, 0) is 19.4 Å². The molecular formula is C10H12FN3. The summed E-state index contributed by atoms with van der Waals surface area (Å²) in [4.78, 5) is 3.82. The predicted molar refractivity (Wildman–Crippen MR) is 52.6 cm³/mol. The molecule has 1 atom stereocenters. The lowest BCUT2D eigenvalue weighted by Gasteiger charge is -2.07. The molecule has 1 aromatic rings. The number of nitrogens with one attached hydrogen (secondary N) is 1. The lowest BCUT2D eigenvalue weighted by Crippen LogP contribution is -2.07. The fourth-order valence-electron chi connectivity index (χ4n) is 1.04. The Kier molecular flexibility index (Phi) is 3.86. The third-order valence-electron chi connectivity index (χ3n) is 1.80. The number of aromatic nitrogens is 1. The van der Waals surface area contributed by atoms with Gasteiger partial charge in [-0.2, -0.15) is 5.26 Å². The molecule has 1 N–H and O–H groups in total. The average Bonchev–Trinajstić information content (AvgIpc) is 2.18. The van der Waals surface area contributed by atoms with Crippen molar-refractivity contribution in [3.05, 3.63) is 24.0 Å². The fourth-order valence-corrected chi connectivity index (χ4v) is 1.04. The molecule has 0 saturated carbocycles. The van der Waals surface area contributed by atoms with E-state index in [1.165, 1.54) is 13.1 Å². The quantitative estimate of drug-likeness (QED) is 0.796. The first-order chi connectivity index (χ1) is 6.74. The van der Waals surface area contributed by atoms with Gasteiger partial charge in [0.15, 0.2) is 0 Å². The van der Waals surface area contributed by atoms with Gasteiger partial charge in [-0.15, -0.1) is 0 Å². The van der Waals surface area contributed by atoms with E-state index < -0.39 is 6.17 Å². The summed E-state index contributed by atoms with van der Waals surface area (Å²) in [6.45, 7) is 2.04. The number of hydrogen-bond donors (Lipinski definition) is 1. The Balaban J connectivity index is 2.54. The standard InChI is InChI=1S/C10H12FN3/c1-8(11)2-5-14-10-3-4-13-7-9(10)6-12/h3-4,7-8H,2,5H2,1H3,(H,13,14). The highest BCUT2D eigenvalue weighted by molar-refractivity contribution is 5.55. The van der Waals surface area contributed by atoms with Gasteiger partial charge in [0.1, 0.15) is 6.07 Å². The van der Waals surface area contributed by atoms with E-state index in [9.17, 15) is 4.39 Å². The van der Waals surface area contributed by atoms with Crippen LogP contribution in [0.15, 0.2) is 18.5 Å². The Labute approximate surface area is 82.6 Å². The molecule has 0 aliphatic rings. The van der Waals surface area contributed by atoms with Crippen molar-refractivity contribution in [3.63, 3.8) is 0 Å². The van der Waals surface area contributed by atoms with Crippen molar-refractivity contribution in [2.75, 3.05) is 11.9 Å². The van der Waals surface area contributed by atoms with Crippen LogP contribution in [0.3, 0.4) is 0 Å². The van der Waals surface area contributed by atoms with Crippen LogP contribution in [-0.4, -0.2) is 17.7 Å². The number of alkyl halides is 1. The van der Waals surface area contributed by atoms with Crippen LogP contribution in [0.1, 0.15) is 18.9 Å². The Morgan fingerprint density at radius 1 is 1.71 bits per heavy atom. The van der Waals surface area contributed by atoms with Crippen LogP contribution in [-0.2, 0) is 0 Å². The molecule has 0 fully saturated rings. The SMILES string of the molecule is CC(F)CCNc1ccncc1C#N. The number of nitrogens with zero attached hydrogens (tertiary/aromatic N) is 2. The lowest BCUT2D eigenvalue weighted by atomic mass is 10.2. The monoisotopic (exact) mass is 193 g/mol. The third kappa shape index (κ3) is 3.02. The molecule has 0 aromatic carbocycles. The Morgan fingerprint density at radius 3 is 3.14 bits per heavy atom. The minimum Gasteiger partial charge on any atom is -0.384 e. The van der Waals surface area contributed by atoms with Crippen molar-refractivity contribution in [2.45, 2.75) is 19.5 Å². The van der Waals surface area contributed by atoms with Gasteiger partial charge in [0, 0.05) is 18.9 Å². The summed E-state index contributed by atoms with van der Waals surface area (Å²) in [6, 6.07) is 3.72. The summed E-state index contributed by atoms with van der Waals surface area (Å²) in [5.41, 5.74) is 1.20. The summed E-state index contributed by atoms with van der Waals surface area (Å²) in [5.74, 6) is 0. The van der Waals surface area contributed by atoms with E-state index in [4.69, 9.17) is 5.26 Å². The van der Waals surface area contributed by atoms with Gasteiger partial charge in [0.25, 0.3) is 0 Å². The molecule has 1 aromatic heterocycles. The second-order valence-electron chi connectivity index (χ2n) is 3.03. The summed E-state index contributed by atoms with van der Waals surface area (Å²) in [5, 5.41) is 11.7. The van der Waals surface area contributed by atoms with Crippen LogP contribution >= 0.6 is 0 Å².